The van der Waals surface area contributed by atoms with E-state index in [0.29, 0.717) is 34.6 Å². The first kappa shape index (κ1) is 19.8. The van der Waals surface area contributed by atoms with Crippen LogP contribution in [0.1, 0.15) is 53.6 Å². The van der Waals surface area contributed by atoms with E-state index in [4.69, 9.17) is 4.42 Å². The molecular weight excluding hydrogens is 370 g/mol. The predicted octanol–water partition coefficient (Wildman–Crippen LogP) is 5.59. The van der Waals surface area contributed by atoms with Gasteiger partial charge in [-0.25, -0.2) is 4.98 Å². The normalized spacial score (nSPS) is 10.9. The Morgan fingerprint density at radius 3 is 2.64 bits per heavy atom. The Labute approximate surface area is 169 Å². The van der Waals surface area contributed by atoms with Gasteiger partial charge in [0.25, 0.3) is 0 Å². The number of carbonyl (C=O) groups is 1. The highest BCUT2D eigenvalue weighted by Crippen LogP contribution is 2.31. The molecule has 28 heavy (non-hydrogen) atoms. The van der Waals surface area contributed by atoms with Crippen LogP contribution in [0.3, 0.4) is 0 Å². The summed E-state index contributed by atoms with van der Waals surface area (Å²) in [4.78, 5) is 17.6. The van der Waals surface area contributed by atoms with E-state index in [1.54, 1.807) is 6.20 Å². The Morgan fingerprint density at radius 2 is 2.00 bits per heavy atom. The van der Waals surface area contributed by atoms with Crippen molar-refractivity contribution in [2.75, 3.05) is 5.32 Å². The van der Waals surface area contributed by atoms with Crippen molar-refractivity contribution < 1.29 is 9.21 Å². The van der Waals surface area contributed by atoms with Gasteiger partial charge in [0.15, 0.2) is 11.7 Å². The van der Waals surface area contributed by atoms with Gasteiger partial charge in [0.05, 0.1) is 11.8 Å². The number of hydrogen-bond acceptors (Lipinski definition) is 5. The van der Waals surface area contributed by atoms with Crippen LogP contribution >= 0.6 is 11.3 Å². The minimum atomic E-state index is -0.154. The number of carbonyl (C=O) groups excluding carboxylic acids is 1. The summed E-state index contributed by atoms with van der Waals surface area (Å²) in [5, 5.41) is 12.7. The molecule has 1 amide bonds. The van der Waals surface area contributed by atoms with E-state index in [1.807, 2.05) is 26.0 Å². The molecule has 0 aliphatic rings. The number of rotatable bonds is 6. The number of thiophene rings is 1. The number of aryl methyl sites for hydroxylation is 2. The van der Waals surface area contributed by atoms with Crippen LogP contribution in [0.2, 0.25) is 0 Å². The number of benzene rings is 1. The topological polar surface area (TPSA) is 78.9 Å². The van der Waals surface area contributed by atoms with Gasteiger partial charge >= 0.3 is 0 Å². The van der Waals surface area contributed by atoms with Crippen LogP contribution in [0.4, 0.5) is 5.00 Å². The molecule has 0 aliphatic heterocycles. The zero-order valence-corrected chi connectivity index (χ0v) is 17.3. The maximum absolute atomic E-state index is 12.3. The molecule has 0 atom stereocenters. The lowest BCUT2D eigenvalue weighted by Crippen LogP contribution is -2.12. The van der Waals surface area contributed by atoms with E-state index in [2.05, 4.69) is 42.4 Å². The third kappa shape index (κ3) is 4.32. The first-order valence-corrected chi connectivity index (χ1v) is 10.1. The lowest BCUT2D eigenvalue weighted by molar-refractivity contribution is -0.116. The van der Waals surface area contributed by atoms with Crippen LogP contribution in [0.25, 0.3) is 11.3 Å². The van der Waals surface area contributed by atoms with Gasteiger partial charge < -0.3 is 9.73 Å². The summed E-state index contributed by atoms with van der Waals surface area (Å²) in [5.74, 6) is 1.55. The van der Waals surface area contributed by atoms with Gasteiger partial charge in [-0.3, -0.25) is 4.79 Å². The number of amides is 1. The van der Waals surface area contributed by atoms with Crippen molar-refractivity contribution in [3.63, 3.8) is 0 Å². The molecule has 0 saturated heterocycles. The molecule has 0 aliphatic carbocycles. The van der Waals surface area contributed by atoms with Crippen LogP contribution in [0.5, 0.6) is 0 Å². The molecule has 0 radical (unpaired) electrons. The summed E-state index contributed by atoms with van der Waals surface area (Å²) in [5.41, 5.74) is 3.70. The molecule has 6 heteroatoms. The second-order valence-electron chi connectivity index (χ2n) is 7.04. The van der Waals surface area contributed by atoms with Gasteiger partial charge in [-0.2, -0.15) is 5.26 Å². The molecule has 1 N–H and O–H groups in total. The monoisotopic (exact) mass is 393 g/mol. The Kier molecular flexibility index (Phi) is 5.96. The van der Waals surface area contributed by atoms with Gasteiger partial charge in [-0.05, 0) is 30.9 Å². The van der Waals surface area contributed by atoms with Crippen molar-refractivity contribution in [3.8, 4) is 17.4 Å². The molecular formula is C22H23N3O2S. The van der Waals surface area contributed by atoms with Crippen LogP contribution in [0.15, 0.2) is 34.9 Å². The van der Waals surface area contributed by atoms with E-state index in [0.717, 1.165) is 16.0 Å². The minimum Gasteiger partial charge on any atom is -0.441 e. The summed E-state index contributed by atoms with van der Waals surface area (Å²) in [7, 11) is 0. The number of nitrogens with one attached hydrogen (secondary N) is 1. The second kappa shape index (κ2) is 8.41. The first-order chi connectivity index (χ1) is 13.4. The summed E-state index contributed by atoms with van der Waals surface area (Å²) in [6.45, 7) is 8.15. The van der Waals surface area contributed by atoms with E-state index in [1.165, 1.54) is 16.9 Å². The maximum atomic E-state index is 12.3. The second-order valence-corrected chi connectivity index (χ2v) is 8.27. The summed E-state index contributed by atoms with van der Waals surface area (Å²) in [6, 6.07) is 10.4. The Morgan fingerprint density at radius 1 is 1.29 bits per heavy atom. The van der Waals surface area contributed by atoms with E-state index >= 15 is 0 Å². The Bertz CT molecular complexity index is 1020. The van der Waals surface area contributed by atoms with Crippen molar-refractivity contribution in [1.82, 2.24) is 4.98 Å². The number of nitriles is 1. The molecule has 0 fully saturated rings. The predicted molar refractivity (Wildman–Crippen MR) is 111 cm³/mol. The lowest BCUT2D eigenvalue weighted by atomic mass is 10.0. The largest absolute Gasteiger partial charge is 0.441 e. The number of hydrogen-bond donors (Lipinski definition) is 1. The smallest absolute Gasteiger partial charge is 0.225 e. The summed E-state index contributed by atoms with van der Waals surface area (Å²) < 4.78 is 5.80. The van der Waals surface area contributed by atoms with E-state index < -0.39 is 0 Å². The minimum absolute atomic E-state index is 0.154. The maximum Gasteiger partial charge on any atom is 0.225 e. The van der Waals surface area contributed by atoms with Crippen molar-refractivity contribution >= 4 is 22.2 Å². The van der Waals surface area contributed by atoms with Crippen molar-refractivity contribution in [1.29, 1.82) is 5.26 Å². The van der Waals surface area contributed by atoms with E-state index in [-0.39, 0.29) is 12.3 Å². The number of aromatic nitrogens is 1. The first-order valence-electron chi connectivity index (χ1n) is 9.24. The van der Waals surface area contributed by atoms with Crippen LogP contribution in [-0.2, 0) is 11.2 Å². The highest BCUT2D eigenvalue weighted by atomic mass is 32.1. The molecule has 144 valence electrons. The molecule has 0 bridgehead atoms. The molecule has 3 aromatic rings. The van der Waals surface area contributed by atoms with Crippen LogP contribution in [0, 0.1) is 25.2 Å². The SMILES string of the molecule is Cc1sc(NC(=O)CCc2ncc(-c3ccc(C(C)C)cc3)o2)c(C#N)c1C. The molecule has 0 saturated carbocycles. The number of anilines is 1. The number of nitrogens with zero attached hydrogens (tertiary/aromatic N) is 2. The van der Waals surface area contributed by atoms with Gasteiger partial charge in [0.1, 0.15) is 11.1 Å². The zero-order chi connectivity index (χ0) is 20.3. The summed E-state index contributed by atoms with van der Waals surface area (Å²) >= 11 is 1.43. The zero-order valence-electron chi connectivity index (χ0n) is 16.5. The van der Waals surface area contributed by atoms with Crippen molar-refractivity contribution in [2.45, 2.75) is 46.5 Å². The third-order valence-electron chi connectivity index (χ3n) is 4.73. The fraction of sp³-hybridized carbons (Fsp3) is 0.318. The highest BCUT2D eigenvalue weighted by molar-refractivity contribution is 7.16. The average molecular weight is 394 g/mol. The lowest BCUT2D eigenvalue weighted by Gasteiger charge is -2.05. The molecule has 2 heterocycles. The molecule has 3 rings (SSSR count). The van der Waals surface area contributed by atoms with Crippen molar-refractivity contribution in [3.05, 3.63) is 57.9 Å². The molecule has 2 aromatic heterocycles. The van der Waals surface area contributed by atoms with Gasteiger partial charge in [0.2, 0.25) is 5.91 Å². The molecule has 0 unspecified atom stereocenters. The Balaban J connectivity index is 1.61. The number of oxazole rings is 1. The fourth-order valence-electron chi connectivity index (χ4n) is 2.85. The fourth-order valence-corrected chi connectivity index (χ4v) is 3.88. The molecule has 1 aromatic carbocycles. The highest BCUT2D eigenvalue weighted by Gasteiger charge is 2.15. The van der Waals surface area contributed by atoms with Gasteiger partial charge in [-0.1, -0.05) is 38.1 Å². The average Bonchev–Trinajstić information content (AvgIpc) is 3.25. The Hall–Kier alpha value is -2.91. The van der Waals surface area contributed by atoms with Gasteiger partial charge in [0, 0.05) is 23.3 Å². The molecule has 0 spiro atoms. The van der Waals surface area contributed by atoms with E-state index in [9.17, 15) is 10.1 Å². The van der Waals surface area contributed by atoms with Gasteiger partial charge in [-0.15, -0.1) is 11.3 Å². The standard InChI is InChI=1S/C22H23N3O2S/c1-13(2)16-5-7-17(8-6-16)19-12-24-21(27-19)10-9-20(26)25-22-18(11-23)14(3)15(4)28-22/h5-8,12-13H,9-10H2,1-4H3,(H,25,26). The van der Waals surface area contributed by atoms with Crippen LogP contribution < -0.4 is 5.32 Å². The molecule has 5 nitrogen and oxygen atoms in total. The van der Waals surface area contributed by atoms with Crippen LogP contribution in [-0.4, -0.2) is 10.9 Å². The van der Waals surface area contributed by atoms with Crippen molar-refractivity contribution in [2.24, 2.45) is 0 Å². The third-order valence-corrected chi connectivity index (χ3v) is 5.85. The quantitative estimate of drug-likeness (QED) is 0.592. The summed E-state index contributed by atoms with van der Waals surface area (Å²) in [6.07, 6.45) is 2.34.